The Morgan fingerprint density at radius 3 is 2.57 bits per heavy atom. The van der Waals surface area contributed by atoms with Crippen molar-refractivity contribution in [3.8, 4) is 11.5 Å². The molecular weight excluding hydrogens is 264 g/mol. The van der Waals surface area contributed by atoms with E-state index in [1.165, 1.54) is 0 Å². The Hall–Kier alpha value is -2.75. The first kappa shape index (κ1) is 13.2. The van der Waals surface area contributed by atoms with Crippen molar-refractivity contribution in [2.75, 3.05) is 12.8 Å². The predicted molar refractivity (Wildman–Crippen MR) is 83.5 cm³/mol. The van der Waals surface area contributed by atoms with Crippen LogP contribution in [0.4, 0.5) is 5.69 Å². The molecule has 0 saturated heterocycles. The SMILES string of the molecule is COc1ccc(COc2c(N)cnc3ccccc23)cc1. The van der Waals surface area contributed by atoms with Crippen LogP contribution in [0.5, 0.6) is 11.5 Å². The Morgan fingerprint density at radius 1 is 1.05 bits per heavy atom. The van der Waals surface area contributed by atoms with Crippen molar-refractivity contribution in [1.29, 1.82) is 0 Å². The highest BCUT2D eigenvalue weighted by Crippen LogP contribution is 2.30. The van der Waals surface area contributed by atoms with E-state index < -0.39 is 0 Å². The fourth-order valence-corrected chi connectivity index (χ4v) is 2.17. The van der Waals surface area contributed by atoms with Gasteiger partial charge in [0.25, 0.3) is 0 Å². The number of nitrogens with zero attached hydrogens (tertiary/aromatic N) is 1. The highest BCUT2D eigenvalue weighted by molar-refractivity contribution is 5.89. The summed E-state index contributed by atoms with van der Waals surface area (Å²) in [6.07, 6.45) is 1.63. The monoisotopic (exact) mass is 280 g/mol. The molecule has 0 unspecified atom stereocenters. The Labute approximate surface area is 123 Å². The van der Waals surface area contributed by atoms with Gasteiger partial charge in [-0.15, -0.1) is 0 Å². The number of nitrogen functional groups attached to an aromatic ring is 1. The van der Waals surface area contributed by atoms with Gasteiger partial charge in [0, 0.05) is 5.39 Å². The number of nitrogens with two attached hydrogens (primary N) is 1. The third-order valence-corrected chi connectivity index (χ3v) is 3.30. The first-order chi connectivity index (χ1) is 10.3. The van der Waals surface area contributed by atoms with Crippen LogP contribution in [0.3, 0.4) is 0 Å². The lowest BCUT2D eigenvalue weighted by Crippen LogP contribution is -2.00. The average molecular weight is 280 g/mol. The standard InChI is InChI=1S/C17H16N2O2/c1-20-13-8-6-12(7-9-13)11-21-17-14-4-2-3-5-16(14)19-10-15(17)18/h2-10H,11,18H2,1H3. The molecule has 2 aromatic carbocycles. The molecule has 0 amide bonds. The van der Waals surface area contributed by atoms with Crippen molar-refractivity contribution >= 4 is 16.6 Å². The molecule has 0 bridgehead atoms. The molecule has 2 N–H and O–H groups in total. The van der Waals surface area contributed by atoms with Gasteiger partial charge in [-0.05, 0) is 29.8 Å². The van der Waals surface area contributed by atoms with Crippen LogP contribution in [0.1, 0.15) is 5.56 Å². The number of hydrogen-bond donors (Lipinski definition) is 1. The van der Waals surface area contributed by atoms with Gasteiger partial charge in [0.15, 0.2) is 5.75 Å². The molecule has 4 nitrogen and oxygen atoms in total. The average Bonchev–Trinajstić information content (AvgIpc) is 2.54. The molecule has 0 aliphatic heterocycles. The molecule has 0 fully saturated rings. The minimum absolute atomic E-state index is 0.447. The number of hydrogen-bond acceptors (Lipinski definition) is 4. The quantitative estimate of drug-likeness (QED) is 0.795. The third kappa shape index (κ3) is 2.74. The number of benzene rings is 2. The van der Waals surface area contributed by atoms with E-state index in [0.29, 0.717) is 18.0 Å². The minimum atomic E-state index is 0.447. The maximum atomic E-state index is 5.99. The molecule has 106 valence electrons. The number of methoxy groups -OCH3 is 1. The maximum absolute atomic E-state index is 5.99. The van der Waals surface area contributed by atoms with Crippen LogP contribution in [-0.2, 0) is 6.61 Å². The molecule has 4 heteroatoms. The number of pyridine rings is 1. The summed E-state index contributed by atoms with van der Waals surface area (Å²) in [5.74, 6) is 1.50. The second-order valence-electron chi connectivity index (χ2n) is 4.70. The summed E-state index contributed by atoms with van der Waals surface area (Å²) in [5, 5.41) is 0.922. The van der Waals surface area contributed by atoms with E-state index in [9.17, 15) is 0 Å². The summed E-state index contributed by atoms with van der Waals surface area (Å²) < 4.78 is 11.0. The molecule has 0 spiro atoms. The van der Waals surface area contributed by atoms with Crippen LogP contribution in [0.2, 0.25) is 0 Å². The Kier molecular flexibility index (Phi) is 3.60. The topological polar surface area (TPSA) is 57.4 Å². The molecule has 21 heavy (non-hydrogen) atoms. The predicted octanol–water partition coefficient (Wildman–Crippen LogP) is 3.40. The zero-order chi connectivity index (χ0) is 14.7. The lowest BCUT2D eigenvalue weighted by Gasteiger charge is -2.11. The molecule has 3 rings (SSSR count). The number of rotatable bonds is 4. The summed E-state index contributed by atoms with van der Waals surface area (Å²) in [5.41, 5.74) is 8.46. The molecule has 1 aromatic heterocycles. The number of fused-ring (bicyclic) bond motifs is 1. The molecule has 0 radical (unpaired) electrons. The molecule has 0 atom stereocenters. The number of anilines is 1. The Morgan fingerprint density at radius 2 is 1.81 bits per heavy atom. The highest BCUT2D eigenvalue weighted by atomic mass is 16.5. The van der Waals surface area contributed by atoms with Gasteiger partial charge >= 0.3 is 0 Å². The first-order valence-corrected chi connectivity index (χ1v) is 6.67. The zero-order valence-corrected chi connectivity index (χ0v) is 11.7. The van der Waals surface area contributed by atoms with Gasteiger partial charge in [0.1, 0.15) is 12.4 Å². The van der Waals surface area contributed by atoms with E-state index in [4.69, 9.17) is 15.2 Å². The number of para-hydroxylation sites is 1. The van der Waals surface area contributed by atoms with E-state index >= 15 is 0 Å². The van der Waals surface area contributed by atoms with Crippen molar-refractivity contribution in [1.82, 2.24) is 4.98 Å². The zero-order valence-electron chi connectivity index (χ0n) is 11.7. The molecular formula is C17H16N2O2. The van der Waals surface area contributed by atoms with Crippen LogP contribution >= 0.6 is 0 Å². The molecule has 1 heterocycles. The second-order valence-corrected chi connectivity index (χ2v) is 4.70. The Balaban J connectivity index is 1.85. The van der Waals surface area contributed by atoms with Crippen LogP contribution < -0.4 is 15.2 Å². The normalized spacial score (nSPS) is 10.5. The number of ether oxygens (including phenoxy) is 2. The summed E-state index contributed by atoms with van der Waals surface area (Å²) >= 11 is 0. The molecule has 0 saturated carbocycles. The van der Waals surface area contributed by atoms with E-state index in [-0.39, 0.29) is 0 Å². The third-order valence-electron chi connectivity index (χ3n) is 3.30. The van der Waals surface area contributed by atoms with Crippen molar-refractivity contribution in [2.24, 2.45) is 0 Å². The van der Waals surface area contributed by atoms with Crippen molar-refractivity contribution in [3.63, 3.8) is 0 Å². The summed E-state index contributed by atoms with van der Waals surface area (Å²) in [6, 6.07) is 15.6. The fourth-order valence-electron chi connectivity index (χ4n) is 2.17. The second kappa shape index (κ2) is 5.71. The van der Waals surface area contributed by atoms with Crippen molar-refractivity contribution in [2.45, 2.75) is 6.61 Å². The largest absolute Gasteiger partial charge is 0.497 e. The van der Waals surface area contributed by atoms with Crippen molar-refractivity contribution in [3.05, 3.63) is 60.3 Å². The van der Waals surface area contributed by atoms with Crippen LogP contribution in [-0.4, -0.2) is 12.1 Å². The summed E-state index contributed by atoms with van der Waals surface area (Å²) in [4.78, 5) is 4.30. The first-order valence-electron chi connectivity index (χ1n) is 6.67. The van der Waals surface area contributed by atoms with Gasteiger partial charge in [0.2, 0.25) is 0 Å². The van der Waals surface area contributed by atoms with Gasteiger partial charge in [-0.25, -0.2) is 0 Å². The highest BCUT2D eigenvalue weighted by Gasteiger charge is 2.08. The van der Waals surface area contributed by atoms with Gasteiger partial charge < -0.3 is 15.2 Å². The lowest BCUT2D eigenvalue weighted by molar-refractivity contribution is 0.311. The van der Waals surface area contributed by atoms with Gasteiger partial charge in [-0.3, -0.25) is 4.98 Å². The number of aromatic nitrogens is 1. The minimum Gasteiger partial charge on any atom is -0.497 e. The fraction of sp³-hybridized carbons (Fsp3) is 0.118. The van der Waals surface area contributed by atoms with Crippen LogP contribution in [0.15, 0.2) is 54.7 Å². The molecule has 3 aromatic rings. The van der Waals surface area contributed by atoms with Crippen molar-refractivity contribution < 1.29 is 9.47 Å². The summed E-state index contributed by atoms with van der Waals surface area (Å²) in [6.45, 7) is 0.447. The van der Waals surface area contributed by atoms with Gasteiger partial charge in [-0.2, -0.15) is 0 Å². The van der Waals surface area contributed by atoms with E-state index in [1.54, 1.807) is 13.3 Å². The van der Waals surface area contributed by atoms with Crippen LogP contribution in [0.25, 0.3) is 10.9 Å². The summed E-state index contributed by atoms with van der Waals surface area (Å²) in [7, 11) is 1.65. The lowest BCUT2D eigenvalue weighted by atomic mass is 10.2. The molecule has 0 aliphatic rings. The van der Waals surface area contributed by atoms with Gasteiger partial charge in [-0.1, -0.05) is 24.3 Å². The van der Waals surface area contributed by atoms with E-state index in [2.05, 4.69) is 4.98 Å². The van der Waals surface area contributed by atoms with Gasteiger partial charge in [0.05, 0.1) is 24.5 Å². The van der Waals surface area contributed by atoms with E-state index in [0.717, 1.165) is 22.2 Å². The smallest absolute Gasteiger partial charge is 0.153 e. The van der Waals surface area contributed by atoms with Crippen LogP contribution in [0, 0.1) is 0 Å². The van der Waals surface area contributed by atoms with E-state index in [1.807, 2.05) is 48.5 Å². The maximum Gasteiger partial charge on any atom is 0.153 e. The molecule has 0 aliphatic carbocycles. The Bertz CT molecular complexity index is 754.